The second kappa shape index (κ2) is 9.28. The number of thioether (sulfide) groups is 1. The van der Waals surface area contributed by atoms with Crippen molar-refractivity contribution in [1.29, 1.82) is 0 Å². The summed E-state index contributed by atoms with van der Waals surface area (Å²) in [6.07, 6.45) is 2.33. The Hall–Kier alpha value is -2.58. The Labute approximate surface area is 186 Å². The number of hydrogen-bond donors (Lipinski definition) is 1. The number of allylic oxidation sites excluding steroid dienone is 1. The number of aryl methyl sites for hydroxylation is 1. The number of benzene rings is 1. The molecule has 1 aromatic rings. The first-order chi connectivity index (χ1) is 15.0. The predicted octanol–water partition coefficient (Wildman–Crippen LogP) is 3.43. The molecular formula is C23H27N3O4S. The Morgan fingerprint density at radius 2 is 2.06 bits per heavy atom. The monoisotopic (exact) mass is 441 g/mol. The van der Waals surface area contributed by atoms with Gasteiger partial charge in [-0.25, -0.2) is 9.79 Å². The van der Waals surface area contributed by atoms with Crippen LogP contribution in [0.3, 0.4) is 0 Å². The molecule has 2 heterocycles. The second-order valence-electron chi connectivity index (χ2n) is 7.95. The molecule has 1 aromatic carbocycles. The highest BCUT2D eigenvalue weighted by Crippen LogP contribution is 2.45. The smallest absolute Gasteiger partial charge is 0.338 e. The molecule has 0 aromatic heterocycles. The highest BCUT2D eigenvalue weighted by Gasteiger charge is 2.41. The molecule has 0 radical (unpaired) electrons. The third-order valence-corrected chi connectivity index (χ3v) is 6.27. The summed E-state index contributed by atoms with van der Waals surface area (Å²) >= 11 is 1.48. The lowest BCUT2D eigenvalue weighted by Gasteiger charge is -2.36. The van der Waals surface area contributed by atoms with E-state index in [0.717, 1.165) is 34.8 Å². The first-order valence-corrected chi connectivity index (χ1v) is 11.3. The molecule has 31 heavy (non-hydrogen) atoms. The molecule has 1 N–H and O–H groups in total. The van der Waals surface area contributed by atoms with Gasteiger partial charge in [-0.05, 0) is 37.7 Å². The number of carbonyl (C=O) groups is 2. The Balaban J connectivity index is 1.67. The maximum Gasteiger partial charge on any atom is 0.338 e. The molecule has 0 bridgehead atoms. The number of nitrogens with one attached hydrogen (secondary N) is 1. The molecule has 3 aliphatic rings. The third-order valence-electron chi connectivity index (χ3n) is 5.38. The number of carbonyl (C=O) groups excluding carboxylic acids is 2. The van der Waals surface area contributed by atoms with Gasteiger partial charge in [0.2, 0.25) is 5.91 Å². The lowest BCUT2D eigenvalue weighted by molar-refractivity contribution is -0.141. The van der Waals surface area contributed by atoms with Gasteiger partial charge in [0, 0.05) is 18.8 Å². The summed E-state index contributed by atoms with van der Waals surface area (Å²) in [6, 6.07) is 7.96. The highest BCUT2D eigenvalue weighted by molar-refractivity contribution is 8.16. The van der Waals surface area contributed by atoms with Gasteiger partial charge in [-0.3, -0.25) is 4.79 Å². The number of amidine groups is 1. The first-order valence-electron chi connectivity index (χ1n) is 10.4. The standard InChI is InChI=1S/C23H27N3O4S/c1-14-5-4-6-16(11-14)21-20(22(28)30-10-9-29-3)15(2)24-23-26(21)18(13-31-23)12-19(27)25-17-7-8-17/h4-6,11,13,17,21H,7-10,12H2,1-3H3,(H,25,27). The van der Waals surface area contributed by atoms with Gasteiger partial charge in [0.05, 0.1) is 30.3 Å². The van der Waals surface area contributed by atoms with Crippen LogP contribution < -0.4 is 5.32 Å². The fourth-order valence-corrected chi connectivity index (χ4v) is 4.72. The molecule has 4 rings (SSSR count). The van der Waals surface area contributed by atoms with Gasteiger partial charge in [-0.1, -0.05) is 41.6 Å². The summed E-state index contributed by atoms with van der Waals surface area (Å²) in [7, 11) is 1.57. The van der Waals surface area contributed by atoms with E-state index in [2.05, 4.69) is 16.4 Å². The quantitative estimate of drug-likeness (QED) is 0.492. The van der Waals surface area contributed by atoms with Crippen LogP contribution in [0.5, 0.6) is 0 Å². The Morgan fingerprint density at radius 3 is 2.77 bits per heavy atom. The molecule has 1 fully saturated rings. The minimum absolute atomic E-state index is 0.00547. The fraction of sp³-hybridized carbons (Fsp3) is 0.435. The average molecular weight is 442 g/mol. The molecule has 8 heteroatoms. The zero-order valence-corrected chi connectivity index (χ0v) is 18.8. The summed E-state index contributed by atoms with van der Waals surface area (Å²) in [5.74, 6) is -0.420. The molecule has 0 saturated heterocycles. The number of fused-ring (bicyclic) bond motifs is 1. The van der Waals surface area contributed by atoms with Gasteiger partial charge in [-0.15, -0.1) is 0 Å². The van der Waals surface area contributed by atoms with E-state index in [-0.39, 0.29) is 18.9 Å². The van der Waals surface area contributed by atoms with Crippen molar-refractivity contribution < 1.29 is 19.1 Å². The van der Waals surface area contributed by atoms with Crippen LogP contribution in [0.2, 0.25) is 0 Å². The van der Waals surface area contributed by atoms with Crippen LogP contribution in [-0.2, 0) is 19.1 Å². The van der Waals surface area contributed by atoms with E-state index < -0.39 is 12.0 Å². The summed E-state index contributed by atoms with van der Waals surface area (Å²) in [6.45, 7) is 4.35. The molecule has 7 nitrogen and oxygen atoms in total. The van der Waals surface area contributed by atoms with Gasteiger partial charge in [0.25, 0.3) is 0 Å². The lowest BCUT2D eigenvalue weighted by atomic mass is 9.93. The van der Waals surface area contributed by atoms with Crippen LogP contribution in [0.4, 0.5) is 0 Å². The lowest BCUT2D eigenvalue weighted by Crippen LogP contribution is -2.38. The summed E-state index contributed by atoms with van der Waals surface area (Å²) in [5, 5.41) is 5.77. The average Bonchev–Trinajstić information content (AvgIpc) is 3.46. The Bertz CT molecular complexity index is 981. The highest BCUT2D eigenvalue weighted by atomic mass is 32.2. The number of hydrogen-bond acceptors (Lipinski definition) is 7. The van der Waals surface area contributed by atoms with Crippen LogP contribution >= 0.6 is 11.8 Å². The van der Waals surface area contributed by atoms with E-state index in [1.165, 1.54) is 11.8 Å². The van der Waals surface area contributed by atoms with Crippen molar-refractivity contribution in [3.63, 3.8) is 0 Å². The number of methoxy groups -OCH3 is 1. The van der Waals surface area contributed by atoms with Crippen LogP contribution in [-0.4, -0.2) is 48.3 Å². The number of ether oxygens (including phenoxy) is 2. The zero-order chi connectivity index (χ0) is 22.0. The Kier molecular flexibility index (Phi) is 6.48. The normalized spacial score (nSPS) is 20.2. The largest absolute Gasteiger partial charge is 0.460 e. The van der Waals surface area contributed by atoms with Crippen LogP contribution in [0.25, 0.3) is 0 Å². The maximum absolute atomic E-state index is 13.1. The van der Waals surface area contributed by atoms with E-state index in [1.54, 1.807) is 7.11 Å². The molecule has 1 aliphatic carbocycles. The zero-order valence-electron chi connectivity index (χ0n) is 18.0. The molecule has 164 valence electrons. The SMILES string of the molecule is COCCOC(=O)C1=C(C)N=C2SC=C(CC(=O)NC3CC3)N2C1c1cccc(C)c1. The topological polar surface area (TPSA) is 80.2 Å². The van der Waals surface area contributed by atoms with E-state index in [4.69, 9.17) is 9.47 Å². The number of amides is 1. The van der Waals surface area contributed by atoms with Crippen LogP contribution in [0.1, 0.15) is 43.4 Å². The van der Waals surface area contributed by atoms with E-state index in [0.29, 0.717) is 23.9 Å². The fourth-order valence-electron chi connectivity index (χ4n) is 3.75. The van der Waals surface area contributed by atoms with Gasteiger partial charge in [-0.2, -0.15) is 0 Å². The third kappa shape index (κ3) is 4.85. The van der Waals surface area contributed by atoms with Gasteiger partial charge in [0.15, 0.2) is 5.17 Å². The van der Waals surface area contributed by atoms with Gasteiger partial charge in [0.1, 0.15) is 6.61 Å². The molecule has 0 spiro atoms. The summed E-state index contributed by atoms with van der Waals surface area (Å²) < 4.78 is 10.5. The summed E-state index contributed by atoms with van der Waals surface area (Å²) in [5.41, 5.74) is 4.01. The van der Waals surface area contributed by atoms with Crippen molar-refractivity contribution in [3.05, 3.63) is 57.8 Å². The predicted molar refractivity (Wildman–Crippen MR) is 120 cm³/mol. The molecule has 1 unspecified atom stereocenters. The van der Waals surface area contributed by atoms with Crippen molar-refractivity contribution in [1.82, 2.24) is 10.2 Å². The molecule has 1 atom stereocenters. The van der Waals surface area contributed by atoms with Crippen molar-refractivity contribution in [3.8, 4) is 0 Å². The van der Waals surface area contributed by atoms with Crippen LogP contribution in [0.15, 0.2) is 51.6 Å². The summed E-state index contributed by atoms with van der Waals surface area (Å²) in [4.78, 5) is 32.3. The molecular weight excluding hydrogens is 414 g/mol. The van der Waals surface area contributed by atoms with Crippen molar-refractivity contribution in [2.75, 3.05) is 20.3 Å². The van der Waals surface area contributed by atoms with Crippen LogP contribution in [0, 0.1) is 6.92 Å². The van der Waals surface area contributed by atoms with E-state index >= 15 is 0 Å². The minimum atomic E-state index is -0.414. The van der Waals surface area contributed by atoms with E-state index in [1.807, 2.05) is 42.4 Å². The molecule has 1 saturated carbocycles. The second-order valence-corrected chi connectivity index (χ2v) is 8.79. The van der Waals surface area contributed by atoms with Gasteiger partial charge >= 0.3 is 5.97 Å². The van der Waals surface area contributed by atoms with Gasteiger partial charge < -0.3 is 19.7 Å². The number of rotatable bonds is 8. The number of esters is 1. The van der Waals surface area contributed by atoms with Crippen molar-refractivity contribution in [2.24, 2.45) is 4.99 Å². The molecule has 2 aliphatic heterocycles. The number of nitrogens with zero attached hydrogens (tertiary/aromatic N) is 2. The maximum atomic E-state index is 13.1. The minimum Gasteiger partial charge on any atom is -0.460 e. The number of aliphatic imine (C=N–C) groups is 1. The Morgan fingerprint density at radius 1 is 1.26 bits per heavy atom. The molecule has 1 amide bonds. The van der Waals surface area contributed by atoms with Crippen molar-refractivity contribution in [2.45, 2.75) is 45.2 Å². The van der Waals surface area contributed by atoms with Crippen molar-refractivity contribution >= 4 is 28.8 Å². The van der Waals surface area contributed by atoms with E-state index in [9.17, 15) is 9.59 Å². The first kappa shape index (κ1) is 21.6.